The van der Waals surface area contributed by atoms with Crippen LogP contribution in [0.25, 0.3) is 0 Å². The molecule has 0 saturated heterocycles. The van der Waals surface area contributed by atoms with Crippen molar-refractivity contribution in [2.24, 2.45) is 7.05 Å². The maximum atomic E-state index is 3.89. The van der Waals surface area contributed by atoms with Crippen LogP contribution in [0.2, 0.25) is 0 Å². The molecule has 0 fully saturated rings. The minimum atomic E-state index is 1.05. The summed E-state index contributed by atoms with van der Waals surface area (Å²) in [7, 11) is 1.94. The molecule has 1 N–H and O–H groups in total. The summed E-state index contributed by atoms with van der Waals surface area (Å²) in [5, 5.41) is 6.71. The molecule has 0 spiro atoms. The predicted molar refractivity (Wildman–Crippen MR) is 51.3 cm³/mol. The molecule has 2 aromatic rings. The number of aryl methyl sites for hydroxylation is 3. The number of hydrogen-bond acceptors (Lipinski definition) is 2. The first-order valence-electron chi connectivity index (χ1n) is 4.09. The molecule has 4 nitrogen and oxygen atoms in total. The van der Waals surface area contributed by atoms with Gasteiger partial charge < -0.3 is 4.57 Å². The molecule has 0 aliphatic heterocycles. The van der Waals surface area contributed by atoms with Crippen molar-refractivity contribution in [1.29, 1.82) is 0 Å². The van der Waals surface area contributed by atoms with E-state index in [1.165, 1.54) is 0 Å². The maximum Gasteiger partial charge on any atom is 0.0943 e. The first-order valence-corrected chi connectivity index (χ1v) is 4.09. The molecular weight excluding hydrogens is 164 g/mol. The Bertz CT molecular complexity index is 318. The van der Waals surface area contributed by atoms with Crippen LogP contribution in [-0.4, -0.2) is 19.7 Å². The van der Waals surface area contributed by atoms with E-state index in [1.54, 1.807) is 12.5 Å². The molecule has 0 aromatic carbocycles. The van der Waals surface area contributed by atoms with Gasteiger partial charge in [0.05, 0.1) is 12.0 Å². The number of rotatable bonds is 0. The van der Waals surface area contributed by atoms with Gasteiger partial charge in [-0.05, 0) is 19.9 Å². The van der Waals surface area contributed by atoms with Crippen LogP contribution in [-0.2, 0) is 7.05 Å². The first-order chi connectivity index (χ1) is 6.18. The molecule has 4 heteroatoms. The van der Waals surface area contributed by atoms with E-state index in [2.05, 4.69) is 15.2 Å². The molecule has 0 radical (unpaired) electrons. The van der Waals surface area contributed by atoms with E-state index in [4.69, 9.17) is 0 Å². The number of aromatic nitrogens is 4. The van der Waals surface area contributed by atoms with Crippen LogP contribution in [0.1, 0.15) is 11.4 Å². The Morgan fingerprint density at radius 3 is 2.31 bits per heavy atom. The fourth-order valence-electron chi connectivity index (χ4n) is 0.880. The summed E-state index contributed by atoms with van der Waals surface area (Å²) in [6.45, 7) is 3.95. The van der Waals surface area contributed by atoms with E-state index >= 15 is 0 Å². The van der Waals surface area contributed by atoms with Gasteiger partial charge in [-0.2, -0.15) is 5.10 Å². The topological polar surface area (TPSA) is 46.5 Å². The molecule has 0 amide bonds. The van der Waals surface area contributed by atoms with Gasteiger partial charge in [-0.3, -0.25) is 5.10 Å². The van der Waals surface area contributed by atoms with Crippen molar-refractivity contribution in [3.8, 4) is 0 Å². The maximum absolute atomic E-state index is 3.89. The predicted octanol–water partition coefficient (Wildman–Crippen LogP) is 1.45. The van der Waals surface area contributed by atoms with Gasteiger partial charge in [-0.25, -0.2) is 4.98 Å². The average Bonchev–Trinajstić information content (AvgIpc) is 2.64. The van der Waals surface area contributed by atoms with E-state index in [0.717, 1.165) is 11.4 Å². The zero-order valence-electron chi connectivity index (χ0n) is 8.15. The molecule has 0 unspecified atom stereocenters. The summed E-state index contributed by atoms with van der Waals surface area (Å²) in [6.07, 6.45) is 5.39. The number of imidazole rings is 1. The van der Waals surface area contributed by atoms with Gasteiger partial charge in [-0.1, -0.05) is 0 Å². The molecule has 70 valence electrons. The van der Waals surface area contributed by atoms with Gasteiger partial charge in [0, 0.05) is 25.1 Å². The van der Waals surface area contributed by atoms with E-state index in [-0.39, 0.29) is 0 Å². The molecule has 0 aliphatic carbocycles. The van der Waals surface area contributed by atoms with Crippen LogP contribution in [0.15, 0.2) is 24.8 Å². The van der Waals surface area contributed by atoms with Gasteiger partial charge in [0.2, 0.25) is 0 Å². The second kappa shape index (κ2) is 4.45. The Balaban J connectivity index is 0.000000132. The van der Waals surface area contributed by atoms with Crippen LogP contribution in [0, 0.1) is 13.8 Å². The highest BCUT2D eigenvalue weighted by Gasteiger charge is 1.84. The average molecular weight is 178 g/mol. The second-order valence-corrected chi connectivity index (χ2v) is 2.92. The lowest BCUT2D eigenvalue weighted by Crippen LogP contribution is -1.76. The molecule has 0 bridgehead atoms. The standard InChI is InChI=1S/C5H8N2.C4H6N2/c1-4-3-5(2)7-6-4;1-6-3-2-5-4-6/h3H,1-2H3,(H,6,7);2-4H,1H3. The third-order valence-electron chi connectivity index (χ3n) is 1.47. The minimum Gasteiger partial charge on any atom is -0.341 e. The van der Waals surface area contributed by atoms with Crippen molar-refractivity contribution in [3.05, 3.63) is 36.2 Å². The van der Waals surface area contributed by atoms with E-state index in [1.807, 2.05) is 37.7 Å². The van der Waals surface area contributed by atoms with E-state index in [0.29, 0.717) is 0 Å². The van der Waals surface area contributed by atoms with Gasteiger partial charge in [0.25, 0.3) is 0 Å². The summed E-state index contributed by atoms with van der Waals surface area (Å²) < 4.78 is 1.89. The molecule has 2 aromatic heterocycles. The molecule has 0 atom stereocenters. The summed E-state index contributed by atoms with van der Waals surface area (Å²) >= 11 is 0. The third-order valence-corrected chi connectivity index (χ3v) is 1.47. The number of nitrogens with one attached hydrogen (secondary N) is 1. The fraction of sp³-hybridized carbons (Fsp3) is 0.333. The monoisotopic (exact) mass is 178 g/mol. The van der Waals surface area contributed by atoms with Crippen molar-refractivity contribution in [3.63, 3.8) is 0 Å². The Morgan fingerprint density at radius 2 is 2.15 bits per heavy atom. The van der Waals surface area contributed by atoms with Crippen LogP contribution in [0.3, 0.4) is 0 Å². The summed E-state index contributed by atoms with van der Waals surface area (Å²) in [6, 6.07) is 2.00. The third kappa shape index (κ3) is 3.55. The van der Waals surface area contributed by atoms with Gasteiger partial charge in [0.1, 0.15) is 0 Å². The van der Waals surface area contributed by atoms with Crippen LogP contribution in [0.5, 0.6) is 0 Å². The van der Waals surface area contributed by atoms with Crippen LogP contribution < -0.4 is 0 Å². The molecule has 2 heterocycles. The highest BCUT2D eigenvalue weighted by Crippen LogP contribution is 1.92. The highest BCUT2D eigenvalue weighted by molar-refractivity contribution is 5.03. The Hall–Kier alpha value is -1.58. The quantitative estimate of drug-likeness (QED) is 0.663. The lowest BCUT2D eigenvalue weighted by Gasteiger charge is -1.76. The number of nitrogens with zero attached hydrogens (tertiary/aromatic N) is 3. The van der Waals surface area contributed by atoms with Crippen molar-refractivity contribution in [2.75, 3.05) is 0 Å². The minimum absolute atomic E-state index is 1.05. The Labute approximate surface area is 77.6 Å². The number of H-pyrrole nitrogens is 1. The first kappa shape index (κ1) is 9.51. The zero-order valence-corrected chi connectivity index (χ0v) is 8.15. The van der Waals surface area contributed by atoms with Crippen molar-refractivity contribution < 1.29 is 0 Å². The van der Waals surface area contributed by atoms with Crippen molar-refractivity contribution >= 4 is 0 Å². The normalized spacial score (nSPS) is 9.15. The summed E-state index contributed by atoms with van der Waals surface area (Å²) in [4.78, 5) is 3.78. The van der Waals surface area contributed by atoms with Gasteiger partial charge >= 0.3 is 0 Å². The number of aromatic amines is 1. The Morgan fingerprint density at radius 1 is 1.38 bits per heavy atom. The smallest absolute Gasteiger partial charge is 0.0943 e. The lowest BCUT2D eigenvalue weighted by atomic mass is 10.4. The van der Waals surface area contributed by atoms with E-state index < -0.39 is 0 Å². The molecular formula is C9H14N4. The second-order valence-electron chi connectivity index (χ2n) is 2.92. The lowest BCUT2D eigenvalue weighted by molar-refractivity contribution is 0.913. The van der Waals surface area contributed by atoms with Crippen molar-refractivity contribution in [2.45, 2.75) is 13.8 Å². The van der Waals surface area contributed by atoms with E-state index in [9.17, 15) is 0 Å². The van der Waals surface area contributed by atoms with Crippen LogP contribution in [0.4, 0.5) is 0 Å². The summed E-state index contributed by atoms with van der Waals surface area (Å²) in [5.74, 6) is 0. The number of hydrogen-bond donors (Lipinski definition) is 1. The molecule has 2 rings (SSSR count). The molecule has 0 aliphatic rings. The Kier molecular flexibility index (Phi) is 3.25. The zero-order chi connectivity index (χ0) is 9.68. The SMILES string of the molecule is Cc1cc(C)[nH]n1.Cn1ccnc1. The van der Waals surface area contributed by atoms with Crippen LogP contribution >= 0.6 is 0 Å². The van der Waals surface area contributed by atoms with Crippen molar-refractivity contribution in [1.82, 2.24) is 19.7 Å². The largest absolute Gasteiger partial charge is 0.341 e. The fourth-order valence-corrected chi connectivity index (χ4v) is 0.880. The van der Waals surface area contributed by atoms with Gasteiger partial charge in [-0.15, -0.1) is 0 Å². The summed E-state index contributed by atoms with van der Waals surface area (Å²) in [5.41, 5.74) is 2.18. The molecule has 0 saturated carbocycles. The molecule has 13 heavy (non-hydrogen) atoms. The highest BCUT2D eigenvalue weighted by atomic mass is 15.1. The van der Waals surface area contributed by atoms with Gasteiger partial charge in [0.15, 0.2) is 0 Å².